The Morgan fingerprint density at radius 1 is 1.03 bits per heavy atom. The third-order valence-electron chi connectivity index (χ3n) is 3.87. The van der Waals surface area contributed by atoms with E-state index in [2.05, 4.69) is 10.0 Å². The molecule has 0 aliphatic rings. The van der Waals surface area contributed by atoms with Crippen LogP contribution in [0.15, 0.2) is 63.5 Å². The zero-order valence-electron chi connectivity index (χ0n) is 15.4. The smallest absolute Gasteiger partial charge is 0.321 e. The van der Waals surface area contributed by atoms with E-state index >= 15 is 0 Å². The summed E-state index contributed by atoms with van der Waals surface area (Å²) in [6.45, 7) is -1.18. The van der Waals surface area contributed by atoms with Gasteiger partial charge in [0, 0.05) is 4.88 Å². The highest BCUT2D eigenvalue weighted by Crippen LogP contribution is 2.26. The van der Waals surface area contributed by atoms with Crippen molar-refractivity contribution in [2.24, 2.45) is 0 Å². The van der Waals surface area contributed by atoms with E-state index in [1.807, 2.05) is 17.5 Å². The van der Waals surface area contributed by atoms with Crippen LogP contribution >= 0.6 is 22.7 Å². The number of carbonyl (C=O) groups excluding carboxylic acids is 2. The van der Waals surface area contributed by atoms with Crippen molar-refractivity contribution in [3.05, 3.63) is 75.5 Å². The number of benzene rings is 1. The number of rotatable bonds is 9. The van der Waals surface area contributed by atoms with Gasteiger partial charge in [-0.1, -0.05) is 24.3 Å². The molecule has 0 aliphatic heterocycles. The molecule has 1 aromatic carbocycles. The van der Waals surface area contributed by atoms with E-state index in [1.165, 1.54) is 29.5 Å². The van der Waals surface area contributed by atoms with Crippen LogP contribution in [0.3, 0.4) is 0 Å². The van der Waals surface area contributed by atoms with E-state index in [0.29, 0.717) is 5.56 Å². The van der Waals surface area contributed by atoms with Crippen LogP contribution in [0.1, 0.15) is 16.5 Å². The molecule has 0 bridgehead atoms. The van der Waals surface area contributed by atoms with Crippen molar-refractivity contribution in [2.75, 3.05) is 13.2 Å². The van der Waals surface area contributed by atoms with Crippen LogP contribution in [0.5, 0.6) is 0 Å². The van der Waals surface area contributed by atoms with E-state index in [-0.39, 0.29) is 4.21 Å². The standard InChI is InChI=1S/C19H17FN2O5S3/c20-14-7-5-13(6-8-14)19(15-3-1-9-28-15)22-16(23)12-27-17(24)11-21-30(25,26)18-4-2-10-29-18/h1-10,19,21H,11-12H2,(H,22,23). The lowest BCUT2D eigenvalue weighted by Crippen LogP contribution is -2.35. The lowest BCUT2D eigenvalue weighted by Gasteiger charge is -2.18. The highest BCUT2D eigenvalue weighted by Gasteiger charge is 2.20. The Morgan fingerprint density at radius 2 is 1.73 bits per heavy atom. The Morgan fingerprint density at radius 3 is 2.37 bits per heavy atom. The summed E-state index contributed by atoms with van der Waals surface area (Å²) in [5, 5.41) is 6.18. The monoisotopic (exact) mass is 468 g/mol. The summed E-state index contributed by atoms with van der Waals surface area (Å²) < 4.78 is 44.2. The Bertz CT molecular complexity index is 1080. The Balaban J connectivity index is 1.54. The van der Waals surface area contributed by atoms with Crippen LogP contribution < -0.4 is 10.0 Å². The number of amides is 1. The van der Waals surface area contributed by atoms with Crippen molar-refractivity contribution in [1.29, 1.82) is 0 Å². The predicted octanol–water partition coefficient (Wildman–Crippen LogP) is 2.68. The van der Waals surface area contributed by atoms with Gasteiger partial charge in [-0.25, -0.2) is 12.8 Å². The second kappa shape index (κ2) is 9.94. The van der Waals surface area contributed by atoms with Gasteiger partial charge in [0.2, 0.25) is 0 Å². The maximum Gasteiger partial charge on any atom is 0.321 e. The maximum absolute atomic E-state index is 13.2. The van der Waals surface area contributed by atoms with Gasteiger partial charge in [-0.15, -0.1) is 22.7 Å². The number of carbonyl (C=O) groups is 2. The van der Waals surface area contributed by atoms with E-state index in [4.69, 9.17) is 4.74 Å². The van der Waals surface area contributed by atoms with Crippen molar-refractivity contribution >= 4 is 44.6 Å². The first-order chi connectivity index (χ1) is 14.3. The van der Waals surface area contributed by atoms with Gasteiger partial charge in [0.1, 0.15) is 16.6 Å². The Labute approximate surface area is 180 Å². The average molecular weight is 469 g/mol. The second-order valence-corrected chi connectivity index (χ2v) is 9.91. The molecule has 3 aromatic rings. The molecular weight excluding hydrogens is 451 g/mol. The first kappa shape index (κ1) is 22.1. The third kappa shape index (κ3) is 5.95. The highest BCUT2D eigenvalue weighted by molar-refractivity contribution is 7.91. The summed E-state index contributed by atoms with van der Waals surface area (Å²) in [4.78, 5) is 24.9. The van der Waals surface area contributed by atoms with E-state index in [9.17, 15) is 22.4 Å². The molecule has 0 aliphatic carbocycles. The lowest BCUT2D eigenvalue weighted by atomic mass is 10.1. The molecule has 3 rings (SSSR count). The van der Waals surface area contributed by atoms with Gasteiger partial charge in [0.05, 0.1) is 6.04 Å². The minimum absolute atomic E-state index is 0.0751. The maximum atomic E-state index is 13.2. The summed E-state index contributed by atoms with van der Waals surface area (Å²) in [7, 11) is -3.80. The van der Waals surface area contributed by atoms with Crippen molar-refractivity contribution in [3.63, 3.8) is 0 Å². The zero-order valence-corrected chi connectivity index (χ0v) is 17.9. The van der Waals surface area contributed by atoms with Gasteiger partial charge < -0.3 is 10.1 Å². The molecule has 1 unspecified atom stereocenters. The number of thiophene rings is 2. The van der Waals surface area contributed by atoms with Crippen LogP contribution in [0.4, 0.5) is 4.39 Å². The molecule has 0 saturated carbocycles. The van der Waals surface area contributed by atoms with Crippen molar-refractivity contribution in [1.82, 2.24) is 10.0 Å². The summed E-state index contributed by atoms with van der Waals surface area (Å²) >= 11 is 2.43. The first-order valence-electron chi connectivity index (χ1n) is 8.62. The highest BCUT2D eigenvalue weighted by atomic mass is 32.2. The normalized spacial score (nSPS) is 12.3. The molecule has 2 heterocycles. The SMILES string of the molecule is O=C(COC(=O)CNS(=O)(=O)c1cccs1)NC(c1ccc(F)cc1)c1cccs1. The molecule has 11 heteroatoms. The quantitative estimate of drug-likeness (QED) is 0.470. The summed E-state index contributed by atoms with van der Waals surface area (Å²) in [5.41, 5.74) is 0.669. The fourth-order valence-corrected chi connectivity index (χ4v) is 5.28. The van der Waals surface area contributed by atoms with E-state index in [1.54, 1.807) is 23.6 Å². The molecule has 2 N–H and O–H groups in total. The fourth-order valence-electron chi connectivity index (χ4n) is 2.47. The predicted molar refractivity (Wildman–Crippen MR) is 111 cm³/mol. The van der Waals surface area contributed by atoms with Crippen LogP contribution in [0.25, 0.3) is 0 Å². The van der Waals surface area contributed by atoms with Crippen LogP contribution in [0, 0.1) is 5.82 Å². The molecule has 0 fully saturated rings. The number of ether oxygens (including phenoxy) is 1. The van der Waals surface area contributed by atoms with Gasteiger partial charge in [-0.3, -0.25) is 9.59 Å². The zero-order chi connectivity index (χ0) is 21.6. The van der Waals surface area contributed by atoms with Crippen molar-refractivity contribution in [2.45, 2.75) is 10.3 Å². The third-order valence-corrected chi connectivity index (χ3v) is 7.60. The number of esters is 1. The summed E-state index contributed by atoms with van der Waals surface area (Å²) in [6, 6.07) is 11.8. The molecule has 1 amide bonds. The topological polar surface area (TPSA) is 102 Å². The number of nitrogens with one attached hydrogen (secondary N) is 2. The first-order valence-corrected chi connectivity index (χ1v) is 11.9. The van der Waals surface area contributed by atoms with Crippen LogP contribution in [-0.2, 0) is 24.3 Å². The van der Waals surface area contributed by atoms with E-state index < -0.39 is 46.9 Å². The largest absolute Gasteiger partial charge is 0.455 e. The molecule has 0 saturated heterocycles. The second-order valence-electron chi connectivity index (χ2n) is 5.98. The van der Waals surface area contributed by atoms with Gasteiger partial charge >= 0.3 is 5.97 Å². The molecular formula is C19H17FN2O5S3. The lowest BCUT2D eigenvalue weighted by molar-refractivity contribution is -0.147. The Kier molecular flexibility index (Phi) is 7.32. The molecule has 0 radical (unpaired) electrons. The fraction of sp³-hybridized carbons (Fsp3) is 0.158. The van der Waals surface area contributed by atoms with Crippen molar-refractivity contribution in [3.8, 4) is 0 Å². The average Bonchev–Trinajstić information content (AvgIpc) is 3.44. The minimum atomic E-state index is -3.80. The molecule has 2 aromatic heterocycles. The Hall–Kier alpha value is -2.60. The van der Waals surface area contributed by atoms with E-state index in [0.717, 1.165) is 16.2 Å². The number of hydrogen-bond acceptors (Lipinski definition) is 7. The van der Waals surface area contributed by atoms with Crippen molar-refractivity contribution < 1.29 is 27.1 Å². The number of halogens is 1. The summed E-state index contributed by atoms with van der Waals surface area (Å²) in [5.74, 6) is -1.86. The minimum Gasteiger partial charge on any atom is -0.455 e. The molecule has 7 nitrogen and oxygen atoms in total. The summed E-state index contributed by atoms with van der Waals surface area (Å²) in [6.07, 6.45) is 0. The molecule has 0 spiro atoms. The number of hydrogen-bond donors (Lipinski definition) is 2. The van der Waals surface area contributed by atoms with Gasteiger partial charge in [0.15, 0.2) is 6.61 Å². The number of sulfonamides is 1. The molecule has 1 atom stereocenters. The van der Waals surface area contributed by atoms with Gasteiger partial charge in [-0.05, 0) is 40.6 Å². The van der Waals surface area contributed by atoms with Gasteiger partial charge in [0.25, 0.3) is 15.9 Å². The van der Waals surface area contributed by atoms with Gasteiger partial charge in [-0.2, -0.15) is 4.72 Å². The van der Waals surface area contributed by atoms with Crippen LogP contribution in [-0.4, -0.2) is 33.4 Å². The molecule has 30 heavy (non-hydrogen) atoms. The van der Waals surface area contributed by atoms with Crippen LogP contribution in [0.2, 0.25) is 0 Å². The molecule has 158 valence electrons.